The molecule has 3 N–H and O–H groups in total. The molecule has 0 aromatic rings. The van der Waals surface area contributed by atoms with Crippen molar-refractivity contribution in [2.75, 3.05) is 19.8 Å². The van der Waals surface area contributed by atoms with Crippen LogP contribution in [0.1, 0.15) is 33.1 Å². The summed E-state index contributed by atoms with van der Waals surface area (Å²) in [4.78, 5) is 11.7. The van der Waals surface area contributed by atoms with Gasteiger partial charge in [-0.1, -0.05) is 13.3 Å². The number of ether oxygens (including phenoxy) is 1. The Morgan fingerprint density at radius 2 is 2.38 bits per heavy atom. The molecule has 1 amide bonds. The van der Waals surface area contributed by atoms with E-state index in [1.54, 1.807) is 0 Å². The zero-order chi connectivity index (χ0) is 12.0. The summed E-state index contributed by atoms with van der Waals surface area (Å²) in [7, 11) is 0. The first-order valence-electron chi connectivity index (χ1n) is 6.24. The van der Waals surface area contributed by atoms with Crippen LogP contribution in [0.15, 0.2) is 0 Å². The third-order valence-corrected chi connectivity index (χ3v) is 3.45. The second-order valence-corrected chi connectivity index (χ2v) is 4.69. The highest BCUT2D eigenvalue weighted by atomic mass is 16.5. The largest absolute Gasteiger partial charge is 0.381 e. The standard InChI is InChI=1S/C12H24N2O2/c1-3-10(7-13)6-12(15)14-9(2)11-4-5-16-8-11/h9-11H,3-8,13H2,1-2H3,(H,14,15). The first-order valence-corrected chi connectivity index (χ1v) is 6.24. The van der Waals surface area contributed by atoms with Crippen LogP contribution in [0.3, 0.4) is 0 Å². The maximum atomic E-state index is 11.7. The summed E-state index contributed by atoms with van der Waals surface area (Å²) in [6.07, 6.45) is 2.56. The van der Waals surface area contributed by atoms with E-state index >= 15 is 0 Å². The molecule has 0 aliphatic carbocycles. The Hall–Kier alpha value is -0.610. The van der Waals surface area contributed by atoms with Gasteiger partial charge in [0.25, 0.3) is 0 Å². The molecule has 0 aromatic carbocycles. The minimum absolute atomic E-state index is 0.122. The number of carbonyl (C=O) groups is 1. The van der Waals surface area contributed by atoms with Crippen molar-refractivity contribution in [3.63, 3.8) is 0 Å². The third-order valence-electron chi connectivity index (χ3n) is 3.45. The lowest BCUT2D eigenvalue weighted by Gasteiger charge is -2.20. The fourth-order valence-electron chi connectivity index (χ4n) is 2.03. The topological polar surface area (TPSA) is 64.4 Å². The van der Waals surface area contributed by atoms with Crippen LogP contribution < -0.4 is 11.1 Å². The van der Waals surface area contributed by atoms with Gasteiger partial charge in [0.05, 0.1) is 6.61 Å². The summed E-state index contributed by atoms with van der Waals surface area (Å²) in [5.41, 5.74) is 5.58. The van der Waals surface area contributed by atoms with E-state index in [4.69, 9.17) is 10.5 Å². The average molecular weight is 228 g/mol. The van der Waals surface area contributed by atoms with Crippen LogP contribution in [0.2, 0.25) is 0 Å². The van der Waals surface area contributed by atoms with Crippen molar-refractivity contribution in [2.24, 2.45) is 17.6 Å². The Labute approximate surface area is 97.9 Å². The van der Waals surface area contributed by atoms with E-state index in [9.17, 15) is 4.79 Å². The zero-order valence-electron chi connectivity index (χ0n) is 10.4. The van der Waals surface area contributed by atoms with E-state index in [1.165, 1.54) is 0 Å². The van der Waals surface area contributed by atoms with Crippen molar-refractivity contribution in [3.05, 3.63) is 0 Å². The fraction of sp³-hybridized carbons (Fsp3) is 0.917. The van der Waals surface area contributed by atoms with Gasteiger partial charge < -0.3 is 15.8 Å². The first kappa shape index (κ1) is 13.5. The van der Waals surface area contributed by atoms with Crippen molar-refractivity contribution in [1.82, 2.24) is 5.32 Å². The summed E-state index contributed by atoms with van der Waals surface area (Å²) in [5, 5.41) is 3.05. The number of carbonyl (C=O) groups excluding carboxylic acids is 1. The van der Waals surface area contributed by atoms with Crippen LogP contribution in [0.25, 0.3) is 0 Å². The van der Waals surface area contributed by atoms with Crippen molar-refractivity contribution in [2.45, 2.75) is 39.2 Å². The highest BCUT2D eigenvalue weighted by Crippen LogP contribution is 2.16. The molecular weight excluding hydrogens is 204 g/mol. The van der Waals surface area contributed by atoms with Gasteiger partial charge in [-0.25, -0.2) is 0 Å². The van der Waals surface area contributed by atoms with Crippen molar-refractivity contribution in [1.29, 1.82) is 0 Å². The Bertz CT molecular complexity index is 211. The van der Waals surface area contributed by atoms with E-state index < -0.39 is 0 Å². The number of hydrogen-bond donors (Lipinski definition) is 2. The smallest absolute Gasteiger partial charge is 0.220 e. The Morgan fingerprint density at radius 3 is 2.88 bits per heavy atom. The minimum Gasteiger partial charge on any atom is -0.381 e. The molecule has 1 aliphatic heterocycles. The van der Waals surface area contributed by atoms with Crippen molar-refractivity contribution in [3.8, 4) is 0 Å². The van der Waals surface area contributed by atoms with E-state index in [0.717, 1.165) is 26.1 Å². The number of rotatable bonds is 6. The summed E-state index contributed by atoms with van der Waals surface area (Å²) in [5.74, 6) is 0.908. The Morgan fingerprint density at radius 1 is 1.62 bits per heavy atom. The molecule has 16 heavy (non-hydrogen) atoms. The van der Waals surface area contributed by atoms with E-state index in [2.05, 4.69) is 19.2 Å². The molecule has 0 spiro atoms. The van der Waals surface area contributed by atoms with E-state index in [1.807, 2.05) is 0 Å². The van der Waals surface area contributed by atoms with Crippen LogP contribution >= 0.6 is 0 Å². The Kier molecular flexibility index (Phi) is 5.77. The molecule has 1 fully saturated rings. The van der Waals surface area contributed by atoms with Crippen LogP contribution in [0, 0.1) is 11.8 Å². The van der Waals surface area contributed by atoms with E-state index in [-0.39, 0.29) is 11.9 Å². The van der Waals surface area contributed by atoms with Crippen molar-refractivity contribution >= 4 is 5.91 Å². The molecule has 0 saturated carbocycles. The quantitative estimate of drug-likeness (QED) is 0.710. The third kappa shape index (κ3) is 4.10. The van der Waals surface area contributed by atoms with Gasteiger partial charge in [-0.2, -0.15) is 0 Å². The molecule has 1 aliphatic rings. The maximum absolute atomic E-state index is 11.7. The summed E-state index contributed by atoms with van der Waals surface area (Å²) < 4.78 is 5.31. The second kappa shape index (κ2) is 6.86. The fourth-order valence-corrected chi connectivity index (χ4v) is 2.03. The van der Waals surface area contributed by atoms with Gasteiger partial charge in [0, 0.05) is 25.0 Å². The Balaban J connectivity index is 2.26. The highest BCUT2D eigenvalue weighted by Gasteiger charge is 2.23. The number of amides is 1. The monoisotopic (exact) mass is 228 g/mol. The molecule has 4 heteroatoms. The summed E-state index contributed by atoms with van der Waals surface area (Å²) in [6.45, 7) is 6.31. The van der Waals surface area contributed by atoms with Gasteiger partial charge >= 0.3 is 0 Å². The molecule has 0 radical (unpaired) electrons. The van der Waals surface area contributed by atoms with Crippen LogP contribution in [0.5, 0.6) is 0 Å². The molecule has 3 atom stereocenters. The molecule has 4 nitrogen and oxygen atoms in total. The normalized spacial score (nSPS) is 24.1. The van der Waals surface area contributed by atoms with E-state index in [0.29, 0.717) is 24.8 Å². The lowest BCUT2D eigenvalue weighted by Crippen LogP contribution is -2.39. The van der Waals surface area contributed by atoms with Crippen LogP contribution in [-0.2, 0) is 9.53 Å². The minimum atomic E-state index is 0.122. The molecule has 0 bridgehead atoms. The maximum Gasteiger partial charge on any atom is 0.220 e. The van der Waals surface area contributed by atoms with Gasteiger partial charge in [0.15, 0.2) is 0 Å². The van der Waals surface area contributed by atoms with Crippen LogP contribution in [-0.4, -0.2) is 31.7 Å². The molecule has 94 valence electrons. The number of hydrogen-bond acceptors (Lipinski definition) is 3. The zero-order valence-corrected chi connectivity index (χ0v) is 10.4. The van der Waals surface area contributed by atoms with Crippen molar-refractivity contribution < 1.29 is 9.53 Å². The lowest BCUT2D eigenvalue weighted by atomic mass is 9.99. The molecule has 1 saturated heterocycles. The van der Waals surface area contributed by atoms with Gasteiger partial charge in [-0.05, 0) is 25.8 Å². The molecule has 1 rings (SSSR count). The molecular formula is C12H24N2O2. The first-order chi connectivity index (χ1) is 7.67. The van der Waals surface area contributed by atoms with Gasteiger partial charge in [-0.15, -0.1) is 0 Å². The molecule has 1 heterocycles. The van der Waals surface area contributed by atoms with Crippen LogP contribution in [0.4, 0.5) is 0 Å². The number of nitrogens with two attached hydrogens (primary N) is 1. The van der Waals surface area contributed by atoms with Gasteiger partial charge in [0.2, 0.25) is 5.91 Å². The highest BCUT2D eigenvalue weighted by molar-refractivity contribution is 5.76. The molecule has 3 unspecified atom stereocenters. The summed E-state index contributed by atoms with van der Waals surface area (Å²) in [6, 6.07) is 0.213. The second-order valence-electron chi connectivity index (χ2n) is 4.69. The SMILES string of the molecule is CCC(CN)CC(=O)NC(C)C1CCOC1. The van der Waals surface area contributed by atoms with Gasteiger partial charge in [0.1, 0.15) is 0 Å². The molecule has 0 aromatic heterocycles. The lowest BCUT2D eigenvalue weighted by molar-refractivity contribution is -0.122. The summed E-state index contributed by atoms with van der Waals surface area (Å²) >= 11 is 0. The average Bonchev–Trinajstić information content (AvgIpc) is 2.79. The predicted octanol–water partition coefficient (Wildman–Crippen LogP) is 0.903. The predicted molar refractivity (Wildman–Crippen MR) is 64.0 cm³/mol. The number of nitrogens with one attached hydrogen (secondary N) is 1. The van der Waals surface area contributed by atoms with Gasteiger partial charge in [-0.3, -0.25) is 4.79 Å².